The molecular weight excluding hydrogens is 455 g/mol. The summed E-state index contributed by atoms with van der Waals surface area (Å²) in [6, 6.07) is 13.1. The highest BCUT2D eigenvalue weighted by atomic mass is 35.5. The van der Waals surface area contributed by atoms with Crippen LogP contribution in [0.25, 0.3) is 0 Å². The molecule has 1 aliphatic rings. The van der Waals surface area contributed by atoms with Crippen molar-refractivity contribution >= 4 is 46.6 Å². The summed E-state index contributed by atoms with van der Waals surface area (Å²) >= 11 is 13.7. The van der Waals surface area contributed by atoms with Crippen LogP contribution in [0.5, 0.6) is 5.75 Å². The first kappa shape index (κ1) is 22.0. The molecule has 1 heterocycles. The van der Waals surface area contributed by atoms with Gasteiger partial charge in [0, 0.05) is 16.8 Å². The third-order valence-electron chi connectivity index (χ3n) is 5.02. The van der Waals surface area contributed by atoms with E-state index in [1.165, 1.54) is 11.8 Å². The highest BCUT2D eigenvalue weighted by Crippen LogP contribution is 2.40. The van der Waals surface area contributed by atoms with E-state index in [1.807, 2.05) is 44.2 Å². The lowest BCUT2D eigenvalue weighted by atomic mass is 10.2. The summed E-state index contributed by atoms with van der Waals surface area (Å²) in [4.78, 5) is 12.8. The van der Waals surface area contributed by atoms with Crippen molar-refractivity contribution in [2.75, 3.05) is 5.32 Å². The number of nitrogens with zero attached hydrogens (tertiary/aromatic N) is 3. The summed E-state index contributed by atoms with van der Waals surface area (Å²) in [5.74, 6) is 1.21. The van der Waals surface area contributed by atoms with Crippen LogP contribution in [0.4, 0.5) is 5.69 Å². The van der Waals surface area contributed by atoms with E-state index in [2.05, 4.69) is 20.1 Å². The summed E-state index contributed by atoms with van der Waals surface area (Å²) in [7, 11) is 0. The Labute approximate surface area is 195 Å². The second-order valence-electron chi connectivity index (χ2n) is 7.38. The van der Waals surface area contributed by atoms with Crippen LogP contribution in [-0.2, 0) is 11.4 Å². The summed E-state index contributed by atoms with van der Waals surface area (Å²) in [6.45, 7) is 3.99. The van der Waals surface area contributed by atoms with Crippen molar-refractivity contribution in [1.29, 1.82) is 0 Å². The predicted octanol–water partition coefficient (Wildman–Crippen LogP) is 5.93. The molecule has 4 rings (SSSR count). The zero-order valence-electron chi connectivity index (χ0n) is 17.1. The molecule has 6 nitrogen and oxygen atoms in total. The molecule has 0 bridgehead atoms. The molecule has 1 saturated carbocycles. The fourth-order valence-corrected chi connectivity index (χ4v) is 4.38. The number of aromatic nitrogens is 3. The number of thioether (sulfide) groups is 1. The molecule has 9 heteroatoms. The minimum atomic E-state index is -0.364. The van der Waals surface area contributed by atoms with Crippen LogP contribution in [0.15, 0.2) is 47.6 Å². The van der Waals surface area contributed by atoms with Crippen molar-refractivity contribution < 1.29 is 9.53 Å². The van der Waals surface area contributed by atoms with Gasteiger partial charge in [-0.3, -0.25) is 9.36 Å². The normalized spacial score (nSPS) is 14.3. The lowest BCUT2D eigenvalue weighted by Gasteiger charge is -2.15. The van der Waals surface area contributed by atoms with E-state index in [1.54, 1.807) is 12.1 Å². The third kappa shape index (κ3) is 5.17. The van der Waals surface area contributed by atoms with E-state index in [4.69, 9.17) is 27.9 Å². The van der Waals surface area contributed by atoms with Crippen LogP contribution in [0.3, 0.4) is 0 Å². The molecule has 1 aromatic heterocycles. The lowest BCUT2D eigenvalue weighted by Crippen LogP contribution is -2.23. The summed E-state index contributed by atoms with van der Waals surface area (Å²) in [5, 5.41) is 13.1. The number of carbonyl (C=O) groups is 1. The van der Waals surface area contributed by atoms with Crippen LogP contribution >= 0.6 is 35.0 Å². The fraction of sp³-hybridized carbons (Fsp3) is 0.318. The van der Waals surface area contributed by atoms with Crippen molar-refractivity contribution in [2.45, 2.75) is 49.7 Å². The Kier molecular flexibility index (Phi) is 6.74. The summed E-state index contributed by atoms with van der Waals surface area (Å²) < 4.78 is 7.93. The number of hydrogen-bond donors (Lipinski definition) is 1. The van der Waals surface area contributed by atoms with Gasteiger partial charge < -0.3 is 10.1 Å². The van der Waals surface area contributed by atoms with E-state index >= 15 is 0 Å². The minimum Gasteiger partial charge on any atom is -0.484 e. The Bertz CT molecular complexity index is 1100. The molecule has 0 radical (unpaired) electrons. The van der Waals surface area contributed by atoms with Gasteiger partial charge in [0.25, 0.3) is 0 Å². The fourth-order valence-electron chi connectivity index (χ4n) is 3.08. The first-order chi connectivity index (χ1) is 14.9. The highest BCUT2D eigenvalue weighted by Gasteiger charge is 2.31. The number of nitrogens with one attached hydrogen (secondary N) is 1. The van der Waals surface area contributed by atoms with E-state index in [0.29, 0.717) is 32.7 Å². The van der Waals surface area contributed by atoms with Crippen LogP contribution in [-0.4, -0.2) is 25.9 Å². The standard InChI is InChI=1S/C22H22Cl2N4O2S/c1-13-16(23)7-5-8-18(13)25-21(29)14(2)31-22-27-26-20(28(22)15-10-11-15)12-30-19-9-4-3-6-17(19)24/h3-9,14-15H,10-12H2,1-2H3,(H,25,29). The molecule has 3 aromatic rings. The monoisotopic (exact) mass is 476 g/mol. The maximum atomic E-state index is 12.8. The van der Waals surface area contributed by atoms with E-state index < -0.39 is 0 Å². The predicted molar refractivity (Wildman–Crippen MR) is 124 cm³/mol. The minimum absolute atomic E-state index is 0.116. The Hall–Kier alpha value is -2.22. The maximum Gasteiger partial charge on any atom is 0.237 e. The molecule has 1 atom stereocenters. The molecule has 2 aromatic carbocycles. The van der Waals surface area contributed by atoms with Crippen LogP contribution < -0.4 is 10.1 Å². The number of hydrogen-bond acceptors (Lipinski definition) is 5. The van der Waals surface area contributed by atoms with Gasteiger partial charge in [-0.25, -0.2) is 0 Å². The number of para-hydroxylation sites is 1. The molecule has 162 valence electrons. The van der Waals surface area contributed by atoms with Crippen LogP contribution in [0, 0.1) is 6.92 Å². The Morgan fingerprint density at radius 2 is 1.94 bits per heavy atom. The Morgan fingerprint density at radius 3 is 2.68 bits per heavy atom. The van der Waals surface area contributed by atoms with Gasteiger partial charge in [-0.1, -0.05) is 53.2 Å². The second kappa shape index (κ2) is 9.51. The topological polar surface area (TPSA) is 69.0 Å². The van der Waals surface area contributed by atoms with Gasteiger partial charge in [0.1, 0.15) is 12.4 Å². The molecule has 31 heavy (non-hydrogen) atoms. The second-order valence-corrected chi connectivity index (χ2v) is 9.50. The van der Waals surface area contributed by atoms with E-state index in [-0.39, 0.29) is 17.8 Å². The molecule has 1 amide bonds. The van der Waals surface area contributed by atoms with Crippen molar-refractivity contribution in [3.8, 4) is 5.75 Å². The van der Waals surface area contributed by atoms with E-state index in [9.17, 15) is 4.79 Å². The number of carbonyl (C=O) groups excluding carboxylic acids is 1. The Balaban J connectivity index is 1.45. The van der Waals surface area contributed by atoms with Crippen molar-refractivity contribution in [3.05, 3.63) is 63.9 Å². The van der Waals surface area contributed by atoms with Gasteiger partial charge in [-0.15, -0.1) is 10.2 Å². The van der Waals surface area contributed by atoms with E-state index in [0.717, 1.165) is 24.2 Å². The lowest BCUT2D eigenvalue weighted by molar-refractivity contribution is -0.115. The first-order valence-electron chi connectivity index (χ1n) is 9.97. The van der Waals surface area contributed by atoms with Crippen LogP contribution in [0.1, 0.15) is 37.2 Å². The van der Waals surface area contributed by atoms with Gasteiger partial charge in [0.05, 0.1) is 10.3 Å². The molecule has 0 spiro atoms. The molecule has 1 unspecified atom stereocenters. The largest absolute Gasteiger partial charge is 0.484 e. The quantitative estimate of drug-likeness (QED) is 0.408. The summed E-state index contributed by atoms with van der Waals surface area (Å²) in [6.07, 6.45) is 2.12. The number of halogens is 2. The van der Waals surface area contributed by atoms with Crippen molar-refractivity contribution in [2.24, 2.45) is 0 Å². The number of ether oxygens (including phenoxy) is 1. The molecule has 0 aliphatic heterocycles. The Morgan fingerprint density at radius 1 is 1.19 bits per heavy atom. The SMILES string of the molecule is Cc1c(Cl)cccc1NC(=O)C(C)Sc1nnc(COc2ccccc2Cl)n1C1CC1. The van der Waals surface area contributed by atoms with Crippen molar-refractivity contribution in [3.63, 3.8) is 0 Å². The molecular formula is C22H22Cl2N4O2S. The summed E-state index contributed by atoms with van der Waals surface area (Å²) in [5.41, 5.74) is 1.55. The number of amides is 1. The van der Waals surface area contributed by atoms with Gasteiger partial charge >= 0.3 is 0 Å². The maximum absolute atomic E-state index is 12.8. The average Bonchev–Trinajstić information content (AvgIpc) is 3.51. The molecule has 1 aliphatic carbocycles. The number of benzene rings is 2. The van der Waals surface area contributed by atoms with Crippen molar-refractivity contribution in [1.82, 2.24) is 14.8 Å². The highest BCUT2D eigenvalue weighted by molar-refractivity contribution is 8.00. The molecule has 1 N–H and O–H groups in total. The van der Waals surface area contributed by atoms with Gasteiger partial charge in [0.2, 0.25) is 5.91 Å². The smallest absolute Gasteiger partial charge is 0.237 e. The number of anilines is 1. The molecule has 1 fully saturated rings. The average molecular weight is 477 g/mol. The van der Waals surface area contributed by atoms with Gasteiger partial charge in [0.15, 0.2) is 11.0 Å². The third-order valence-corrected chi connectivity index (χ3v) is 6.80. The first-order valence-corrected chi connectivity index (χ1v) is 11.6. The molecule has 0 saturated heterocycles. The zero-order chi connectivity index (χ0) is 22.0. The van der Waals surface area contributed by atoms with Gasteiger partial charge in [-0.05, 0) is 56.5 Å². The number of rotatable bonds is 8. The van der Waals surface area contributed by atoms with Gasteiger partial charge in [-0.2, -0.15) is 0 Å². The van der Waals surface area contributed by atoms with Crippen LogP contribution in [0.2, 0.25) is 10.0 Å². The zero-order valence-corrected chi connectivity index (χ0v) is 19.5.